The van der Waals surface area contributed by atoms with E-state index in [2.05, 4.69) is 0 Å². The lowest BCUT2D eigenvalue weighted by Crippen LogP contribution is -2.62. The first kappa shape index (κ1) is 6.77. The van der Waals surface area contributed by atoms with Crippen LogP contribution in [0.3, 0.4) is 0 Å². The molecule has 0 radical (unpaired) electrons. The molecule has 0 amide bonds. The zero-order chi connectivity index (χ0) is 7.23. The van der Waals surface area contributed by atoms with Crippen molar-refractivity contribution in [3.05, 3.63) is 0 Å². The highest BCUT2D eigenvalue weighted by atomic mass is 19.3. The SMILES string of the molecule is FC1C(F)C(F)(F)C1F. The molecule has 2 unspecified atom stereocenters. The van der Waals surface area contributed by atoms with Crippen LogP contribution in [-0.4, -0.2) is 24.4 Å². The van der Waals surface area contributed by atoms with E-state index in [9.17, 15) is 22.0 Å². The van der Waals surface area contributed by atoms with Crippen LogP contribution in [-0.2, 0) is 0 Å². The molecule has 9 heavy (non-hydrogen) atoms. The Labute approximate surface area is 47.7 Å². The highest BCUT2D eigenvalue weighted by molar-refractivity contribution is 5.06. The molecular weight excluding hydrogens is 143 g/mol. The van der Waals surface area contributed by atoms with Crippen molar-refractivity contribution in [2.45, 2.75) is 24.4 Å². The number of alkyl halides is 5. The quantitative estimate of drug-likeness (QED) is 0.456. The lowest BCUT2D eigenvalue weighted by molar-refractivity contribution is -0.242. The molecule has 0 saturated heterocycles. The normalized spacial score (nSPS) is 48.3. The highest BCUT2D eigenvalue weighted by Crippen LogP contribution is 2.44. The van der Waals surface area contributed by atoms with Gasteiger partial charge in [-0.3, -0.25) is 0 Å². The van der Waals surface area contributed by atoms with Crippen LogP contribution in [0.1, 0.15) is 0 Å². The lowest BCUT2D eigenvalue weighted by Gasteiger charge is -2.37. The monoisotopic (exact) mass is 146 g/mol. The Kier molecular flexibility index (Phi) is 1.18. The number of hydrogen-bond donors (Lipinski definition) is 0. The average molecular weight is 146 g/mol. The molecular formula is C4H3F5. The lowest BCUT2D eigenvalue weighted by atomic mass is 9.87. The predicted molar refractivity (Wildman–Crippen MR) is 19.6 cm³/mol. The molecule has 5 heteroatoms. The van der Waals surface area contributed by atoms with Gasteiger partial charge in [0, 0.05) is 0 Å². The van der Waals surface area contributed by atoms with Gasteiger partial charge in [-0.05, 0) is 0 Å². The molecule has 0 spiro atoms. The van der Waals surface area contributed by atoms with E-state index in [1.165, 1.54) is 0 Å². The van der Waals surface area contributed by atoms with Gasteiger partial charge >= 0.3 is 5.92 Å². The molecule has 0 aromatic rings. The zero-order valence-electron chi connectivity index (χ0n) is 4.12. The zero-order valence-corrected chi connectivity index (χ0v) is 4.12. The van der Waals surface area contributed by atoms with Gasteiger partial charge in [-0.1, -0.05) is 0 Å². The Bertz CT molecular complexity index is 110. The van der Waals surface area contributed by atoms with Gasteiger partial charge in [0.15, 0.2) is 6.17 Å². The molecule has 1 aliphatic rings. The smallest absolute Gasteiger partial charge is 0.241 e. The molecule has 1 aliphatic carbocycles. The second kappa shape index (κ2) is 1.58. The van der Waals surface area contributed by atoms with Gasteiger partial charge in [-0.25, -0.2) is 13.2 Å². The van der Waals surface area contributed by atoms with E-state index in [0.29, 0.717) is 0 Å². The maximum atomic E-state index is 11.6. The third-order valence-corrected chi connectivity index (χ3v) is 1.29. The second-order valence-electron chi connectivity index (χ2n) is 1.92. The molecule has 2 atom stereocenters. The predicted octanol–water partition coefficient (Wildman–Crippen LogP) is 1.65. The second-order valence-corrected chi connectivity index (χ2v) is 1.92. The van der Waals surface area contributed by atoms with E-state index >= 15 is 0 Å². The fourth-order valence-electron chi connectivity index (χ4n) is 0.606. The minimum Gasteiger partial charge on any atom is -0.241 e. The Balaban J connectivity index is 2.62. The van der Waals surface area contributed by atoms with Gasteiger partial charge < -0.3 is 0 Å². The fourth-order valence-corrected chi connectivity index (χ4v) is 0.606. The Hall–Kier alpha value is -0.350. The van der Waals surface area contributed by atoms with Crippen LogP contribution in [0.4, 0.5) is 22.0 Å². The summed E-state index contributed by atoms with van der Waals surface area (Å²) < 4.78 is 57.9. The van der Waals surface area contributed by atoms with Crippen molar-refractivity contribution in [1.82, 2.24) is 0 Å². The summed E-state index contributed by atoms with van der Waals surface area (Å²) in [5.41, 5.74) is 0. The topological polar surface area (TPSA) is 0 Å². The molecule has 0 heterocycles. The van der Waals surface area contributed by atoms with Crippen molar-refractivity contribution < 1.29 is 22.0 Å². The fraction of sp³-hybridized carbons (Fsp3) is 1.00. The van der Waals surface area contributed by atoms with E-state index in [1.54, 1.807) is 0 Å². The third kappa shape index (κ3) is 0.632. The average Bonchev–Trinajstić information content (AvgIpc) is 1.84. The van der Waals surface area contributed by atoms with Gasteiger partial charge in [0.05, 0.1) is 0 Å². The van der Waals surface area contributed by atoms with Crippen molar-refractivity contribution >= 4 is 0 Å². The summed E-state index contributed by atoms with van der Waals surface area (Å²) in [5.74, 6) is -4.10. The van der Waals surface area contributed by atoms with Crippen LogP contribution in [0.5, 0.6) is 0 Å². The molecule has 0 bridgehead atoms. The Morgan fingerprint density at radius 3 is 1.33 bits per heavy atom. The minimum absolute atomic E-state index is 2.64. The number of halogens is 5. The van der Waals surface area contributed by atoms with Gasteiger partial charge in [0.2, 0.25) is 12.3 Å². The van der Waals surface area contributed by atoms with Crippen molar-refractivity contribution in [3.8, 4) is 0 Å². The summed E-state index contributed by atoms with van der Waals surface area (Å²) in [6.45, 7) is 0. The molecule has 0 aromatic heterocycles. The third-order valence-electron chi connectivity index (χ3n) is 1.29. The first-order chi connectivity index (χ1) is 3.98. The van der Waals surface area contributed by atoms with Crippen molar-refractivity contribution in [2.24, 2.45) is 0 Å². The summed E-state index contributed by atoms with van der Waals surface area (Å²) in [6, 6.07) is 0. The summed E-state index contributed by atoms with van der Waals surface area (Å²) in [4.78, 5) is 0. The molecule has 0 N–H and O–H groups in total. The van der Waals surface area contributed by atoms with E-state index in [0.717, 1.165) is 0 Å². The van der Waals surface area contributed by atoms with E-state index in [-0.39, 0.29) is 0 Å². The van der Waals surface area contributed by atoms with Crippen LogP contribution in [0.15, 0.2) is 0 Å². The molecule has 0 aromatic carbocycles. The van der Waals surface area contributed by atoms with Crippen LogP contribution in [0.2, 0.25) is 0 Å². The summed E-state index contributed by atoms with van der Waals surface area (Å²) in [6.07, 6.45) is -8.54. The molecule has 1 fully saturated rings. The van der Waals surface area contributed by atoms with E-state index in [4.69, 9.17) is 0 Å². The van der Waals surface area contributed by atoms with E-state index < -0.39 is 24.4 Å². The van der Waals surface area contributed by atoms with Crippen LogP contribution < -0.4 is 0 Å². The summed E-state index contributed by atoms with van der Waals surface area (Å²) in [5, 5.41) is 0. The molecule has 1 saturated carbocycles. The van der Waals surface area contributed by atoms with Gasteiger partial charge in [-0.15, -0.1) is 0 Å². The number of hydrogen-bond acceptors (Lipinski definition) is 0. The molecule has 0 nitrogen and oxygen atoms in total. The standard InChI is InChI=1S/C4H3F5/c5-1-2(6)4(8,9)3(1)7/h1-3H. The van der Waals surface area contributed by atoms with Crippen molar-refractivity contribution in [2.75, 3.05) is 0 Å². The maximum Gasteiger partial charge on any atom is 0.315 e. The summed E-state index contributed by atoms with van der Waals surface area (Å²) >= 11 is 0. The van der Waals surface area contributed by atoms with Gasteiger partial charge in [0.25, 0.3) is 0 Å². The van der Waals surface area contributed by atoms with Crippen LogP contribution >= 0.6 is 0 Å². The molecule has 1 rings (SSSR count). The first-order valence-corrected chi connectivity index (χ1v) is 2.28. The van der Waals surface area contributed by atoms with Crippen molar-refractivity contribution in [1.29, 1.82) is 0 Å². The highest BCUT2D eigenvalue weighted by Gasteiger charge is 2.68. The number of rotatable bonds is 0. The van der Waals surface area contributed by atoms with Gasteiger partial charge in [-0.2, -0.15) is 8.78 Å². The van der Waals surface area contributed by atoms with Crippen LogP contribution in [0, 0.1) is 0 Å². The maximum absolute atomic E-state index is 11.6. The van der Waals surface area contributed by atoms with Crippen molar-refractivity contribution in [3.63, 3.8) is 0 Å². The Morgan fingerprint density at radius 1 is 0.889 bits per heavy atom. The molecule has 0 aliphatic heterocycles. The minimum atomic E-state index is -4.10. The van der Waals surface area contributed by atoms with E-state index in [1.807, 2.05) is 0 Å². The van der Waals surface area contributed by atoms with Crippen LogP contribution in [0.25, 0.3) is 0 Å². The largest absolute Gasteiger partial charge is 0.315 e. The molecule has 54 valence electrons. The van der Waals surface area contributed by atoms with Gasteiger partial charge in [0.1, 0.15) is 0 Å². The summed E-state index contributed by atoms with van der Waals surface area (Å²) in [7, 11) is 0. The Morgan fingerprint density at radius 2 is 1.22 bits per heavy atom. The first-order valence-electron chi connectivity index (χ1n) is 2.28.